The third kappa shape index (κ3) is 2.84. The summed E-state index contributed by atoms with van der Waals surface area (Å²) in [6.07, 6.45) is 5.21. The van der Waals surface area contributed by atoms with Gasteiger partial charge in [0, 0.05) is 7.11 Å². The number of methoxy groups -OCH3 is 1. The zero-order chi connectivity index (χ0) is 14.8. The predicted molar refractivity (Wildman–Crippen MR) is 83.6 cm³/mol. The highest BCUT2D eigenvalue weighted by molar-refractivity contribution is 6.31. The Bertz CT molecular complexity index is 638. The second-order valence-corrected chi connectivity index (χ2v) is 5.86. The highest BCUT2D eigenvalue weighted by Gasteiger charge is 2.20. The van der Waals surface area contributed by atoms with Crippen LogP contribution in [0.1, 0.15) is 34.8 Å². The Balaban J connectivity index is 1.91. The number of rotatable bonds is 5. The first-order chi connectivity index (χ1) is 10.2. The predicted octanol–water partition coefficient (Wildman–Crippen LogP) is 2.72. The first-order valence-electron chi connectivity index (χ1n) is 7.28. The lowest BCUT2D eigenvalue weighted by Gasteiger charge is -2.16. The van der Waals surface area contributed by atoms with Gasteiger partial charge in [0.05, 0.1) is 36.1 Å². The van der Waals surface area contributed by atoms with Crippen LogP contribution in [0, 0.1) is 0 Å². The van der Waals surface area contributed by atoms with Gasteiger partial charge < -0.3 is 10.5 Å². The van der Waals surface area contributed by atoms with Gasteiger partial charge >= 0.3 is 0 Å². The molecule has 1 aliphatic rings. The molecular weight excluding hydrogens is 286 g/mol. The number of fused-ring (bicyclic) bond motifs is 1. The molecule has 0 bridgehead atoms. The molecule has 1 unspecified atom stereocenters. The number of hydrogen-bond donors (Lipinski definition) is 1. The first-order valence-corrected chi connectivity index (χ1v) is 7.66. The average molecular weight is 306 g/mol. The molecule has 0 saturated carbocycles. The SMILES string of the molecule is COCCn1ncc(Cl)c1C(N)c1ccc2c(c1)CCC2. The van der Waals surface area contributed by atoms with Gasteiger partial charge in [-0.2, -0.15) is 5.10 Å². The van der Waals surface area contributed by atoms with Gasteiger partial charge in [0.15, 0.2) is 0 Å². The van der Waals surface area contributed by atoms with E-state index in [0.29, 0.717) is 18.2 Å². The van der Waals surface area contributed by atoms with Gasteiger partial charge in [0.25, 0.3) is 0 Å². The molecule has 0 saturated heterocycles. The minimum Gasteiger partial charge on any atom is -0.383 e. The number of hydrogen-bond acceptors (Lipinski definition) is 3. The molecule has 3 rings (SSSR count). The molecule has 1 aromatic heterocycles. The van der Waals surface area contributed by atoms with Gasteiger partial charge in [-0.3, -0.25) is 4.68 Å². The van der Waals surface area contributed by atoms with Crippen LogP contribution in [0.4, 0.5) is 0 Å². The Hall–Kier alpha value is -1.36. The van der Waals surface area contributed by atoms with Crippen molar-refractivity contribution in [3.8, 4) is 0 Å². The minimum absolute atomic E-state index is 0.261. The molecule has 1 heterocycles. The number of nitrogens with zero attached hydrogens (tertiary/aromatic N) is 2. The molecule has 0 fully saturated rings. The highest BCUT2D eigenvalue weighted by Crippen LogP contribution is 2.30. The van der Waals surface area contributed by atoms with Gasteiger partial charge in [0.1, 0.15) is 0 Å². The smallest absolute Gasteiger partial charge is 0.0837 e. The third-order valence-corrected chi connectivity index (χ3v) is 4.41. The summed E-state index contributed by atoms with van der Waals surface area (Å²) in [5.74, 6) is 0. The molecule has 5 heteroatoms. The summed E-state index contributed by atoms with van der Waals surface area (Å²) >= 11 is 6.28. The van der Waals surface area contributed by atoms with Crippen molar-refractivity contribution in [1.29, 1.82) is 0 Å². The van der Waals surface area contributed by atoms with Gasteiger partial charge in [0.2, 0.25) is 0 Å². The fourth-order valence-corrected chi connectivity index (χ4v) is 3.24. The van der Waals surface area contributed by atoms with Crippen LogP contribution in [0.5, 0.6) is 0 Å². The van der Waals surface area contributed by atoms with Crippen molar-refractivity contribution in [2.24, 2.45) is 5.73 Å². The number of halogens is 1. The fraction of sp³-hybridized carbons (Fsp3) is 0.438. The van der Waals surface area contributed by atoms with Crippen molar-refractivity contribution in [2.45, 2.75) is 31.8 Å². The molecule has 0 aliphatic heterocycles. The average Bonchev–Trinajstić information content (AvgIpc) is 3.10. The number of benzene rings is 1. The van der Waals surface area contributed by atoms with Crippen molar-refractivity contribution in [1.82, 2.24) is 9.78 Å². The van der Waals surface area contributed by atoms with Crippen molar-refractivity contribution in [2.75, 3.05) is 13.7 Å². The summed E-state index contributed by atoms with van der Waals surface area (Å²) in [6.45, 7) is 1.24. The molecule has 0 spiro atoms. The van der Waals surface area contributed by atoms with Gasteiger partial charge in [-0.1, -0.05) is 29.8 Å². The maximum absolute atomic E-state index is 6.44. The normalized spacial score (nSPS) is 15.2. The second kappa shape index (κ2) is 6.18. The Labute approximate surface area is 129 Å². The van der Waals surface area contributed by atoms with E-state index in [-0.39, 0.29) is 6.04 Å². The number of ether oxygens (including phenoxy) is 1. The van der Waals surface area contributed by atoms with E-state index in [9.17, 15) is 0 Å². The Morgan fingerprint density at radius 2 is 2.19 bits per heavy atom. The van der Waals surface area contributed by atoms with Crippen LogP contribution in [0.15, 0.2) is 24.4 Å². The summed E-state index contributed by atoms with van der Waals surface area (Å²) in [5, 5.41) is 4.91. The van der Waals surface area contributed by atoms with Crippen molar-refractivity contribution in [3.05, 3.63) is 51.8 Å². The second-order valence-electron chi connectivity index (χ2n) is 5.45. The molecule has 21 heavy (non-hydrogen) atoms. The largest absolute Gasteiger partial charge is 0.383 e. The highest BCUT2D eigenvalue weighted by atomic mass is 35.5. The van der Waals surface area contributed by atoms with E-state index in [2.05, 4.69) is 23.3 Å². The molecule has 112 valence electrons. The van der Waals surface area contributed by atoms with E-state index in [1.54, 1.807) is 13.3 Å². The van der Waals surface area contributed by atoms with Crippen LogP contribution < -0.4 is 5.73 Å². The summed E-state index contributed by atoms with van der Waals surface area (Å²) in [5.41, 5.74) is 11.3. The third-order valence-electron chi connectivity index (χ3n) is 4.12. The molecule has 1 aliphatic carbocycles. The van der Waals surface area contributed by atoms with Crippen molar-refractivity contribution < 1.29 is 4.74 Å². The quantitative estimate of drug-likeness (QED) is 0.924. The van der Waals surface area contributed by atoms with Crippen LogP contribution in [-0.2, 0) is 24.1 Å². The Kier molecular flexibility index (Phi) is 4.29. The zero-order valence-electron chi connectivity index (χ0n) is 12.2. The van der Waals surface area contributed by atoms with Crippen LogP contribution >= 0.6 is 11.6 Å². The number of aryl methyl sites for hydroxylation is 2. The Morgan fingerprint density at radius 1 is 1.38 bits per heavy atom. The summed E-state index contributed by atoms with van der Waals surface area (Å²) < 4.78 is 6.95. The van der Waals surface area contributed by atoms with E-state index < -0.39 is 0 Å². The lowest BCUT2D eigenvalue weighted by Crippen LogP contribution is -2.19. The van der Waals surface area contributed by atoms with E-state index in [1.165, 1.54) is 24.0 Å². The molecule has 4 nitrogen and oxygen atoms in total. The van der Waals surface area contributed by atoms with Crippen molar-refractivity contribution in [3.63, 3.8) is 0 Å². The van der Waals surface area contributed by atoms with Crippen LogP contribution in [0.2, 0.25) is 5.02 Å². The molecule has 0 radical (unpaired) electrons. The number of aromatic nitrogens is 2. The van der Waals surface area contributed by atoms with Crippen molar-refractivity contribution >= 4 is 11.6 Å². The Morgan fingerprint density at radius 3 is 3.00 bits per heavy atom. The van der Waals surface area contributed by atoms with Gasteiger partial charge in [-0.15, -0.1) is 0 Å². The summed E-state index contributed by atoms with van der Waals surface area (Å²) in [4.78, 5) is 0. The van der Waals surface area contributed by atoms with Crippen LogP contribution in [-0.4, -0.2) is 23.5 Å². The standard InChI is InChI=1S/C16H20ClN3O/c1-21-8-7-20-16(14(17)10-19-20)15(18)13-6-5-11-3-2-4-12(11)9-13/h5-6,9-10,15H,2-4,7-8,18H2,1H3. The fourth-order valence-electron chi connectivity index (χ4n) is 2.98. The zero-order valence-corrected chi connectivity index (χ0v) is 12.9. The van der Waals surface area contributed by atoms with E-state index in [0.717, 1.165) is 17.7 Å². The minimum atomic E-state index is -0.261. The molecule has 1 aromatic carbocycles. The van der Waals surface area contributed by atoms with Crippen LogP contribution in [0.3, 0.4) is 0 Å². The topological polar surface area (TPSA) is 53.1 Å². The first kappa shape index (κ1) is 14.6. The maximum atomic E-state index is 6.44. The summed E-state index contributed by atoms with van der Waals surface area (Å²) in [7, 11) is 1.67. The van der Waals surface area contributed by atoms with Gasteiger partial charge in [-0.25, -0.2) is 0 Å². The van der Waals surface area contributed by atoms with E-state index in [4.69, 9.17) is 22.1 Å². The molecular formula is C16H20ClN3O. The monoisotopic (exact) mass is 305 g/mol. The van der Waals surface area contributed by atoms with Crippen LogP contribution in [0.25, 0.3) is 0 Å². The molecule has 1 atom stereocenters. The maximum Gasteiger partial charge on any atom is 0.0837 e. The molecule has 0 amide bonds. The lowest BCUT2D eigenvalue weighted by molar-refractivity contribution is 0.182. The molecule has 2 N–H and O–H groups in total. The number of nitrogens with two attached hydrogens (primary N) is 1. The summed E-state index contributed by atoms with van der Waals surface area (Å²) in [6, 6.07) is 6.26. The lowest BCUT2D eigenvalue weighted by atomic mass is 9.99. The van der Waals surface area contributed by atoms with E-state index in [1.807, 2.05) is 4.68 Å². The van der Waals surface area contributed by atoms with Gasteiger partial charge in [-0.05, 0) is 36.0 Å². The molecule has 2 aromatic rings. The van der Waals surface area contributed by atoms with E-state index >= 15 is 0 Å².